The maximum absolute atomic E-state index is 13.7. The Bertz CT molecular complexity index is 828. The van der Waals surface area contributed by atoms with Gasteiger partial charge in [0.15, 0.2) is 5.69 Å². The summed E-state index contributed by atoms with van der Waals surface area (Å²) in [6, 6.07) is 13.3. The molecule has 110 valence electrons. The summed E-state index contributed by atoms with van der Waals surface area (Å²) in [4.78, 5) is 8.24. The second kappa shape index (κ2) is 6.11. The first-order valence-electron chi connectivity index (χ1n) is 6.38. The molecule has 0 aliphatic carbocycles. The van der Waals surface area contributed by atoms with Crippen molar-refractivity contribution in [1.29, 1.82) is 0 Å². The summed E-state index contributed by atoms with van der Waals surface area (Å²) in [6.07, 6.45) is 1.37. The Balaban J connectivity index is 1.90. The van der Waals surface area contributed by atoms with Crippen LogP contribution in [0.15, 0.2) is 62.4 Å². The van der Waals surface area contributed by atoms with Crippen molar-refractivity contribution in [2.45, 2.75) is 0 Å². The Labute approximate surface area is 134 Å². The topological polar surface area (TPSA) is 58.6 Å². The first kappa shape index (κ1) is 14.5. The predicted molar refractivity (Wildman–Crippen MR) is 85.0 cm³/mol. The highest BCUT2D eigenvalue weighted by atomic mass is 79.9. The van der Waals surface area contributed by atoms with Gasteiger partial charge >= 0.3 is 5.95 Å². The number of benzene rings is 2. The Kier molecular flexibility index (Phi) is 4.02. The SMILES string of the molecule is Oc1oc(-c2ccccc2F)nc1C=Nc1ccc(Br)cc1. The minimum absolute atomic E-state index is 0.00727. The first-order valence-corrected chi connectivity index (χ1v) is 7.17. The summed E-state index contributed by atoms with van der Waals surface area (Å²) in [5.74, 6) is -0.868. The minimum Gasteiger partial charge on any atom is -0.479 e. The van der Waals surface area contributed by atoms with Crippen molar-refractivity contribution in [3.05, 3.63) is 64.5 Å². The Morgan fingerprint density at radius 3 is 2.59 bits per heavy atom. The number of nitrogens with zero attached hydrogens (tertiary/aromatic N) is 2. The van der Waals surface area contributed by atoms with E-state index in [1.165, 1.54) is 18.3 Å². The van der Waals surface area contributed by atoms with E-state index in [0.717, 1.165) is 4.47 Å². The van der Waals surface area contributed by atoms with Crippen LogP contribution in [0.2, 0.25) is 0 Å². The quantitative estimate of drug-likeness (QED) is 0.688. The largest absolute Gasteiger partial charge is 0.479 e. The van der Waals surface area contributed by atoms with E-state index in [4.69, 9.17) is 4.42 Å². The number of aromatic nitrogens is 1. The number of halogens is 2. The number of hydrogen-bond acceptors (Lipinski definition) is 4. The van der Waals surface area contributed by atoms with Gasteiger partial charge in [0, 0.05) is 4.47 Å². The summed E-state index contributed by atoms with van der Waals surface area (Å²) in [5.41, 5.74) is 1.01. The molecule has 0 aliphatic heterocycles. The van der Waals surface area contributed by atoms with Crippen molar-refractivity contribution in [3.63, 3.8) is 0 Å². The highest BCUT2D eigenvalue weighted by Crippen LogP contribution is 2.27. The molecule has 6 heteroatoms. The van der Waals surface area contributed by atoms with Crippen LogP contribution in [0.3, 0.4) is 0 Å². The number of rotatable bonds is 3. The van der Waals surface area contributed by atoms with Gasteiger partial charge in [-0.3, -0.25) is 4.99 Å². The summed E-state index contributed by atoms with van der Waals surface area (Å²) in [5, 5.41) is 9.76. The first-order chi connectivity index (χ1) is 10.6. The normalized spacial score (nSPS) is 11.2. The van der Waals surface area contributed by atoms with Gasteiger partial charge in [0.1, 0.15) is 5.82 Å². The maximum atomic E-state index is 13.7. The van der Waals surface area contributed by atoms with E-state index in [2.05, 4.69) is 25.9 Å². The average Bonchev–Trinajstić information content (AvgIpc) is 2.88. The fourth-order valence-electron chi connectivity index (χ4n) is 1.82. The molecule has 0 fully saturated rings. The number of oxazole rings is 1. The van der Waals surface area contributed by atoms with Crippen LogP contribution >= 0.6 is 15.9 Å². The molecular weight excluding hydrogens is 351 g/mol. The molecule has 1 aromatic heterocycles. The zero-order valence-corrected chi connectivity index (χ0v) is 12.8. The van der Waals surface area contributed by atoms with Gasteiger partial charge in [-0.15, -0.1) is 0 Å². The molecular formula is C16H10BrFN2O2. The summed E-state index contributed by atoms with van der Waals surface area (Å²) in [7, 11) is 0. The molecule has 0 aliphatic rings. The zero-order chi connectivity index (χ0) is 15.5. The standard InChI is InChI=1S/C16H10BrFN2O2/c17-10-5-7-11(8-6-10)19-9-14-16(21)22-15(20-14)12-3-1-2-4-13(12)18/h1-9,21H. The lowest BCUT2D eigenvalue weighted by molar-refractivity contribution is 0.336. The van der Waals surface area contributed by atoms with Gasteiger partial charge in [0.2, 0.25) is 5.89 Å². The molecule has 0 atom stereocenters. The predicted octanol–water partition coefficient (Wildman–Crippen LogP) is 4.70. The lowest BCUT2D eigenvalue weighted by Crippen LogP contribution is -1.85. The summed E-state index contributed by atoms with van der Waals surface area (Å²) >= 11 is 3.33. The van der Waals surface area contributed by atoms with Gasteiger partial charge < -0.3 is 9.52 Å². The Hall–Kier alpha value is -2.47. The van der Waals surface area contributed by atoms with Crippen LogP contribution in [0.5, 0.6) is 5.95 Å². The highest BCUT2D eigenvalue weighted by Gasteiger charge is 2.15. The third-order valence-electron chi connectivity index (χ3n) is 2.90. The van der Waals surface area contributed by atoms with Gasteiger partial charge in [-0.1, -0.05) is 28.1 Å². The van der Waals surface area contributed by atoms with E-state index >= 15 is 0 Å². The molecule has 3 rings (SSSR count). The molecule has 3 aromatic rings. The average molecular weight is 361 g/mol. The van der Waals surface area contributed by atoms with E-state index in [9.17, 15) is 9.50 Å². The molecule has 0 saturated carbocycles. The van der Waals surface area contributed by atoms with Gasteiger partial charge in [0.05, 0.1) is 17.5 Å². The second-order valence-corrected chi connectivity index (χ2v) is 5.34. The molecule has 0 amide bonds. The van der Waals surface area contributed by atoms with Gasteiger partial charge in [-0.2, -0.15) is 0 Å². The van der Waals surface area contributed by atoms with Crippen molar-refractivity contribution in [3.8, 4) is 17.4 Å². The molecule has 0 spiro atoms. The van der Waals surface area contributed by atoms with Crippen LogP contribution in [0, 0.1) is 5.82 Å². The van der Waals surface area contributed by atoms with Crippen molar-refractivity contribution in [2.75, 3.05) is 0 Å². The molecule has 22 heavy (non-hydrogen) atoms. The molecule has 0 unspecified atom stereocenters. The fraction of sp³-hybridized carbons (Fsp3) is 0. The minimum atomic E-state index is -0.472. The van der Waals surface area contributed by atoms with E-state index in [-0.39, 0.29) is 17.1 Å². The number of aliphatic imine (C=N–C) groups is 1. The van der Waals surface area contributed by atoms with Crippen LogP contribution in [0.1, 0.15) is 5.69 Å². The summed E-state index contributed by atoms with van der Waals surface area (Å²) < 4.78 is 19.7. The third-order valence-corrected chi connectivity index (χ3v) is 3.43. The lowest BCUT2D eigenvalue weighted by Gasteiger charge is -1.95. The van der Waals surface area contributed by atoms with Crippen molar-refractivity contribution in [2.24, 2.45) is 4.99 Å². The van der Waals surface area contributed by atoms with Crippen LogP contribution in [-0.2, 0) is 0 Å². The lowest BCUT2D eigenvalue weighted by atomic mass is 10.2. The van der Waals surface area contributed by atoms with Gasteiger partial charge in [-0.05, 0) is 36.4 Å². The smallest absolute Gasteiger partial charge is 0.312 e. The monoisotopic (exact) mass is 360 g/mol. The number of hydrogen-bond donors (Lipinski definition) is 1. The molecule has 2 aromatic carbocycles. The van der Waals surface area contributed by atoms with E-state index in [1.54, 1.807) is 24.3 Å². The van der Waals surface area contributed by atoms with Crippen LogP contribution in [0.25, 0.3) is 11.5 Å². The maximum Gasteiger partial charge on any atom is 0.312 e. The van der Waals surface area contributed by atoms with Gasteiger partial charge in [-0.25, -0.2) is 9.37 Å². The zero-order valence-electron chi connectivity index (χ0n) is 11.2. The van der Waals surface area contributed by atoms with E-state index in [1.807, 2.05) is 12.1 Å². The molecule has 0 saturated heterocycles. The molecule has 4 nitrogen and oxygen atoms in total. The van der Waals surface area contributed by atoms with Crippen molar-refractivity contribution < 1.29 is 13.9 Å². The molecule has 1 N–H and O–H groups in total. The van der Waals surface area contributed by atoms with Crippen LogP contribution in [-0.4, -0.2) is 16.3 Å². The molecule has 0 radical (unpaired) electrons. The molecule has 1 heterocycles. The second-order valence-electron chi connectivity index (χ2n) is 4.42. The third kappa shape index (κ3) is 3.07. The van der Waals surface area contributed by atoms with Crippen LogP contribution < -0.4 is 0 Å². The van der Waals surface area contributed by atoms with Crippen molar-refractivity contribution >= 4 is 27.8 Å². The van der Waals surface area contributed by atoms with E-state index < -0.39 is 11.8 Å². The molecule has 0 bridgehead atoms. The van der Waals surface area contributed by atoms with Crippen molar-refractivity contribution in [1.82, 2.24) is 4.98 Å². The fourth-order valence-corrected chi connectivity index (χ4v) is 2.09. The van der Waals surface area contributed by atoms with Gasteiger partial charge in [0.25, 0.3) is 0 Å². The van der Waals surface area contributed by atoms with Crippen LogP contribution in [0.4, 0.5) is 10.1 Å². The highest BCUT2D eigenvalue weighted by molar-refractivity contribution is 9.10. The summed E-state index contributed by atoms with van der Waals surface area (Å²) in [6.45, 7) is 0. The Morgan fingerprint density at radius 2 is 1.86 bits per heavy atom. The number of aromatic hydroxyl groups is 1. The Morgan fingerprint density at radius 1 is 1.14 bits per heavy atom. The van der Waals surface area contributed by atoms with E-state index in [0.29, 0.717) is 5.69 Å².